The molecule has 0 unspecified atom stereocenters. The monoisotopic (exact) mass is 439 g/mol. The third-order valence-electron chi connectivity index (χ3n) is 4.24. The van der Waals surface area contributed by atoms with Crippen LogP contribution in [0.4, 0.5) is 10.1 Å². The van der Waals surface area contributed by atoms with Gasteiger partial charge >= 0.3 is 11.8 Å². The van der Waals surface area contributed by atoms with Crippen LogP contribution in [0.15, 0.2) is 77.9 Å². The number of anilines is 1. The zero-order chi connectivity index (χ0) is 22.2. The number of carbonyl (C=O) groups excluding carboxylic acids is 2. The number of halogens is 2. The van der Waals surface area contributed by atoms with Crippen molar-refractivity contribution in [3.05, 3.63) is 94.8 Å². The molecule has 0 aliphatic heterocycles. The van der Waals surface area contributed by atoms with Crippen molar-refractivity contribution in [1.82, 2.24) is 5.43 Å². The van der Waals surface area contributed by atoms with Crippen molar-refractivity contribution in [3.63, 3.8) is 0 Å². The van der Waals surface area contributed by atoms with E-state index in [1.54, 1.807) is 67.6 Å². The second-order valence-electron chi connectivity index (χ2n) is 6.51. The third kappa shape index (κ3) is 6.38. The fourth-order valence-electron chi connectivity index (χ4n) is 2.57. The Morgan fingerprint density at radius 2 is 1.74 bits per heavy atom. The predicted molar refractivity (Wildman–Crippen MR) is 118 cm³/mol. The maximum Gasteiger partial charge on any atom is 0.329 e. The molecule has 0 aliphatic rings. The molecule has 0 aliphatic carbocycles. The molecule has 0 radical (unpaired) electrons. The van der Waals surface area contributed by atoms with Gasteiger partial charge in [0.1, 0.15) is 18.2 Å². The van der Waals surface area contributed by atoms with Gasteiger partial charge in [-0.15, -0.1) is 0 Å². The summed E-state index contributed by atoms with van der Waals surface area (Å²) in [6, 6.07) is 19.8. The minimum atomic E-state index is -0.913. The van der Waals surface area contributed by atoms with Crippen LogP contribution in [-0.2, 0) is 16.2 Å². The van der Waals surface area contributed by atoms with E-state index in [1.165, 1.54) is 12.1 Å². The summed E-state index contributed by atoms with van der Waals surface area (Å²) in [4.78, 5) is 23.9. The average Bonchev–Trinajstić information content (AvgIpc) is 2.77. The number of ether oxygens (including phenoxy) is 1. The van der Waals surface area contributed by atoms with Crippen LogP contribution in [0.1, 0.15) is 18.1 Å². The second kappa shape index (κ2) is 10.4. The Morgan fingerprint density at radius 3 is 2.45 bits per heavy atom. The van der Waals surface area contributed by atoms with Gasteiger partial charge in [0.05, 0.1) is 5.71 Å². The predicted octanol–water partition coefficient (Wildman–Crippen LogP) is 4.54. The zero-order valence-electron chi connectivity index (χ0n) is 16.6. The second-order valence-corrected chi connectivity index (χ2v) is 6.94. The third-order valence-corrected chi connectivity index (χ3v) is 4.47. The smallest absolute Gasteiger partial charge is 0.329 e. The first-order valence-corrected chi connectivity index (χ1v) is 9.68. The van der Waals surface area contributed by atoms with Gasteiger partial charge in [0.25, 0.3) is 0 Å². The molecule has 2 N–H and O–H groups in total. The number of hydrogen-bond donors (Lipinski definition) is 2. The molecule has 158 valence electrons. The number of carbonyl (C=O) groups is 2. The quantitative estimate of drug-likeness (QED) is 0.336. The molecule has 0 saturated heterocycles. The van der Waals surface area contributed by atoms with E-state index in [9.17, 15) is 14.0 Å². The molecule has 0 spiro atoms. The van der Waals surface area contributed by atoms with Crippen molar-refractivity contribution in [1.29, 1.82) is 0 Å². The molecule has 6 nitrogen and oxygen atoms in total. The highest BCUT2D eigenvalue weighted by Crippen LogP contribution is 2.16. The largest absolute Gasteiger partial charge is 0.489 e. The Morgan fingerprint density at radius 1 is 1.00 bits per heavy atom. The molecule has 3 rings (SSSR count). The average molecular weight is 440 g/mol. The van der Waals surface area contributed by atoms with Crippen molar-refractivity contribution < 1.29 is 18.7 Å². The summed E-state index contributed by atoms with van der Waals surface area (Å²) in [5.74, 6) is -1.54. The number of nitrogens with zero attached hydrogens (tertiary/aromatic N) is 1. The van der Waals surface area contributed by atoms with E-state index in [-0.39, 0.29) is 12.4 Å². The van der Waals surface area contributed by atoms with E-state index < -0.39 is 11.8 Å². The lowest BCUT2D eigenvalue weighted by atomic mass is 10.1. The minimum Gasteiger partial charge on any atom is -0.489 e. The Labute approximate surface area is 183 Å². The molecule has 3 aromatic rings. The summed E-state index contributed by atoms with van der Waals surface area (Å²) in [5.41, 5.74) is 4.28. The van der Waals surface area contributed by atoms with Crippen LogP contribution in [-0.4, -0.2) is 17.5 Å². The van der Waals surface area contributed by atoms with Gasteiger partial charge in [0.2, 0.25) is 0 Å². The zero-order valence-corrected chi connectivity index (χ0v) is 17.3. The number of hydrazone groups is 1. The molecule has 3 aromatic carbocycles. The summed E-state index contributed by atoms with van der Waals surface area (Å²) < 4.78 is 19.2. The number of amides is 2. The summed E-state index contributed by atoms with van der Waals surface area (Å²) in [6.45, 7) is 1.79. The number of nitrogens with one attached hydrogen (secondary N) is 2. The molecule has 0 fully saturated rings. The van der Waals surface area contributed by atoms with Crippen LogP contribution < -0.4 is 15.5 Å². The van der Waals surface area contributed by atoms with Gasteiger partial charge < -0.3 is 10.1 Å². The van der Waals surface area contributed by atoms with Gasteiger partial charge in [-0.1, -0.05) is 35.9 Å². The van der Waals surface area contributed by atoms with E-state index in [0.717, 1.165) is 0 Å². The first-order chi connectivity index (χ1) is 14.9. The topological polar surface area (TPSA) is 79.8 Å². The summed E-state index contributed by atoms with van der Waals surface area (Å²) in [7, 11) is 0. The number of rotatable bonds is 6. The van der Waals surface area contributed by atoms with E-state index in [0.29, 0.717) is 33.3 Å². The molecule has 2 amide bonds. The van der Waals surface area contributed by atoms with Gasteiger partial charge in [-0.3, -0.25) is 9.59 Å². The van der Waals surface area contributed by atoms with Crippen LogP contribution in [0.25, 0.3) is 0 Å². The van der Waals surface area contributed by atoms with Gasteiger partial charge in [0.15, 0.2) is 0 Å². The molecule has 0 bridgehead atoms. The molecular weight excluding hydrogens is 421 g/mol. The standard InChI is InChI=1S/C23H19ClFN3O3/c1-15(27-28-23(30)22(29)26-19-7-4-6-18(24)13-19)16-9-11-20(12-10-16)31-14-17-5-2-3-8-21(17)25/h2-13H,14H2,1H3,(H,26,29)(H,28,30)/b27-15+. The fourth-order valence-corrected chi connectivity index (χ4v) is 2.76. The van der Waals surface area contributed by atoms with Crippen molar-refractivity contribution in [2.75, 3.05) is 5.32 Å². The van der Waals surface area contributed by atoms with Crippen molar-refractivity contribution in [3.8, 4) is 5.75 Å². The lowest BCUT2D eigenvalue weighted by molar-refractivity contribution is -0.136. The maximum atomic E-state index is 13.6. The molecule has 31 heavy (non-hydrogen) atoms. The molecular formula is C23H19ClFN3O3. The normalized spacial score (nSPS) is 11.0. The Balaban J connectivity index is 1.54. The molecule has 8 heteroatoms. The molecule has 0 saturated carbocycles. The van der Waals surface area contributed by atoms with Crippen LogP contribution in [0, 0.1) is 5.82 Å². The lowest BCUT2D eigenvalue weighted by Gasteiger charge is -2.08. The van der Waals surface area contributed by atoms with E-state index in [1.807, 2.05) is 0 Å². The summed E-state index contributed by atoms with van der Waals surface area (Å²) in [6.07, 6.45) is 0. The van der Waals surface area contributed by atoms with Gasteiger partial charge in [-0.25, -0.2) is 9.82 Å². The number of benzene rings is 3. The highest BCUT2D eigenvalue weighted by atomic mass is 35.5. The molecule has 0 atom stereocenters. The van der Waals surface area contributed by atoms with E-state index >= 15 is 0 Å². The van der Waals surface area contributed by atoms with Crippen LogP contribution in [0.2, 0.25) is 5.02 Å². The van der Waals surface area contributed by atoms with Crippen LogP contribution in [0.3, 0.4) is 0 Å². The Bertz CT molecular complexity index is 1120. The van der Waals surface area contributed by atoms with Crippen molar-refractivity contribution in [2.45, 2.75) is 13.5 Å². The van der Waals surface area contributed by atoms with Crippen molar-refractivity contribution in [2.24, 2.45) is 5.10 Å². The van der Waals surface area contributed by atoms with Gasteiger partial charge in [0, 0.05) is 16.3 Å². The van der Waals surface area contributed by atoms with Gasteiger partial charge in [-0.05, 0) is 61.0 Å². The molecule has 0 heterocycles. The first-order valence-electron chi connectivity index (χ1n) is 9.30. The van der Waals surface area contributed by atoms with E-state index in [4.69, 9.17) is 16.3 Å². The maximum absolute atomic E-state index is 13.6. The summed E-state index contributed by atoms with van der Waals surface area (Å²) >= 11 is 5.85. The van der Waals surface area contributed by atoms with Gasteiger partial charge in [-0.2, -0.15) is 5.10 Å². The van der Waals surface area contributed by atoms with E-state index in [2.05, 4.69) is 15.8 Å². The molecule has 0 aromatic heterocycles. The number of hydrogen-bond acceptors (Lipinski definition) is 4. The highest BCUT2D eigenvalue weighted by Gasteiger charge is 2.13. The first kappa shape index (κ1) is 22.0. The fraction of sp³-hybridized carbons (Fsp3) is 0.0870. The Hall–Kier alpha value is -3.71. The van der Waals surface area contributed by atoms with Crippen molar-refractivity contribution >= 4 is 34.8 Å². The highest BCUT2D eigenvalue weighted by molar-refractivity contribution is 6.39. The lowest BCUT2D eigenvalue weighted by Crippen LogP contribution is -2.32. The summed E-state index contributed by atoms with van der Waals surface area (Å²) in [5, 5.41) is 6.82. The van der Waals surface area contributed by atoms with Crippen LogP contribution >= 0.6 is 11.6 Å². The Kier molecular flexibility index (Phi) is 7.35. The SMILES string of the molecule is C/C(=N\NC(=O)C(=O)Nc1cccc(Cl)c1)c1ccc(OCc2ccccc2F)cc1. The minimum absolute atomic E-state index is 0.108. The van der Waals surface area contributed by atoms with Crippen LogP contribution in [0.5, 0.6) is 5.75 Å².